The molecular formula is C22H14O. The van der Waals surface area contributed by atoms with Crippen LogP contribution < -0.4 is 0 Å². The summed E-state index contributed by atoms with van der Waals surface area (Å²) in [5, 5.41) is 7.01. The van der Waals surface area contributed by atoms with Crippen molar-refractivity contribution in [2.75, 3.05) is 0 Å². The first-order valence-electron chi connectivity index (χ1n) is 7.90. The molecule has 4 aromatic rings. The monoisotopic (exact) mass is 294 g/mol. The predicted octanol–water partition coefficient (Wildman–Crippen LogP) is 5.75. The summed E-state index contributed by atoms with van der Waals surface area (Å²) in [4.78, 5) is 12.6. The molecule has 0 bridgehead atoms. The van der Waals surface area contributed by atoms with Crippen molar-refractivity contribution in [2.45, 2.75) is 6.42 Å². The van der Waals surface area contributed by atoms with Crippen LogP contribution in [0.4, 0.5) is 0 Å². The molecule has 0 radical (unpaired) electrons. The molecule has 108 valence electrons. The summed E-state index contributed by atoms with van der Waals surface area (Å²) in [5.41, 5.74) is 1.95. The van der Waals surface area contributed by atoms with Gasteiger partial charge in [-0.3, -0.25) is 4.79 Å². The Morgan fingerprint density at radius 3 is 2.13 bits per heavy atom. The van der Waals surface area contributed by atoms with E-state index in [1.54, 1.807) is 0 Å². The van der Waals surface area contributed by atoms with Gasteiger partial charge in [0.25, 0.3) is 0 Å². The van der Waals surface area contributed by atoms with E-state index in [9.17, 15) is 4.79 Å². The predicted molar refractivity (Wildman–Crippen MR) is 96.9 cm³/mol. The Bertz CT molecular complexity index is 1150. The highest BCUT2D eigenvalue weighted by Gasteiger charge is 2.20. The van der Waals surface area contributed by atoms with E-state index >= 15 is 0 Å². The van der Waals surface area contributed by atoms with Gasteiger partial charge >= 0.3 is 0 Å². The Kier molecular flexibility index (Phi) is 2.48. The van der Waals surface area contributed by atoms with Crippen molar-refractivity contribution >= 4 is 44.2 Å². The lowest BCUT2D eigenvalue weighted by atomic mass is 9.85. The Balaban J connectivity index is 2.12. The van der Waals surface area contributed by atoms with E-state index in [-0.39, 0.29) is 5.78 Å². The maximum absolute atomic E-state index is 12.6. The molecule has 1 aliphatic carbocycles. The van der Waals surface area contributed by atoms with E-state index in [0.29, 0.717) is 6.42 Å². The average molecular weight is 294 g/mol. The van der Waals surface area contributed by atoms with Crippen LogP contribution in [0, 0.1) is 0 Å². The van der Waals surface area contributed by atoms with Gasteiger partial charge in [0, 0.05) is 12.0 Å². The minimum atomic E-state index is 0.216. The fraction of sp³-hybridized carbons (Fsp3) is 0.0455. The molecule has 0 fully saturated rings. The summed E-state index contributed by atoms with van der Waals surface area (Å²) in [5.74, 6) is 0.216. The highest BCUT2D eigenvalue weighted by molar-refractivity contribution is 6.24. The third-order valence-electron chi connectivity index (χ3n) is 4.80. The van der Waals surface area contributed by atoms with Crippen molar-refractivity contribution in [3.8, 4) is 0 Å². The van der Waals surface area contributed by atoms with Crippen LogP contribution >= 0.6 is 0 Å². The van der Waals surface area contributed by atoms with Gasteiger partial charge in [-0.2, -0.15) is 0 Å². The zero-order chi connectivity index (χ0) is 15.4. The van der Waals surface area contributed by atoms with Gasteiger partial charge in [0.2, 0.25) is 0 Å². The number of benzene rings is 4. The second-order valence-electron chi connectivity index (χ2n) is 6.11. The Morgan fingerprint density at radius 2 is 1.35 bits per heavy atom. The van der Waals surface area contributed by atoms with E-state index in [1.165, 1.54) is 21.5 Å². The van der Waals surface area contributed by atoms with Gasteiger partial charge in [-0.25, -0.2) is 0 Å². The van der Waals surface area contributed by atoms with Crippen molar-refractivity contribution < 1.29 is 4.79 Å². The fourth-order valence-electron chi connectivity index (χ4n) is 3.76. The van der Waals surface area contributed by atoms with Gasteiger partial charge in [0.15, 0.2) is 5.78 Å². The van der Waals surface area contributed by atoms with Crippen molar-refractivity contribution in [2.24, 2.45) is 0 Å². The number of hydrogen-bond acceptors (Lipinski definition) is 1. The number of carbonyl (C=O) groups is 1. The lowest BCUT2D eigenvalue weighted by Gasteiger charge is -2.17. The van der Waals surface area contributed by atoms with Gasteiger partial charge < -0.3 is 0 Å². The molecule has 23 heavy (non-hydrogen) atoms. The highest BCUT2D eigenvalue weighted by Crippen LogP contribution is 2.38. The van der Waals surface area contributed by atoms with Gasteiger partial charge in [-0.05, 0) is 50.0 Å². The van der Waals surface area contributed by atoms with Crippen molar-refractivity contribution in [1.29, 1.82) is 0 Å². The molecule has 0 aromatic heterocycles. The SMILES string of the molecule is O=C1CC=Cc2c1c1cc3ccccc3cc1c1ccccc21. The second kappa shape index (κ2) is 4.53. The molecule has 1 nitrogen and oxygen atoms in total. The zero-order valence-corrected chi connectivity index (χ0v) is 12.5. The van der Waals surface area contributed by atoms with E-state index in [0.717, 1.165) is 21.9 Å². The van der Waals surface area contributed by atoms with Gasteiger partial charge in [0.1, 0.15) is 0 Å². The molecule has 5 rings (SSSR count). The first-order valence-corrected chi connectivity index (χ1v) is 7.90. The molecule has 1 aliphatic rings. The maximum Gasteiger partial charge on any atom is 0.167 e. The Labute approximate surface area is 133 Å². The van der Waals surface area contributed by atoms with Crippen molar-refractivity contribution in [1.82, 2.24) is 0 Å². The first kappa shape index (κ1) is 12.6. The molecule has 1 heteroatoms. The van der Waals surface area contributed by atoms with Gasteiger partial charge in [-0.1, -0.05) is 60.7 Å². The number of hydrogen-bond donors (Lipinski definition) is 0. The lowest BCUT2D eigenvalue weighted by Crippen LogP contribution is -2.06. The standard InChI is InChI=1S/C22H14O/c23-21-11-5-10-18-16-8-3-4-9-17(16)19-12-14-6-1-2-7-15(14)13-20(19)22(18)21/h1-10,12-13H,11H2. The Hall–Kier alpha value is -2.93. The van der Waals surface area contributed by atoms with Gasteiger partial charge in [-0.15, -0.1) is 0 Å². The number of allylic oxidation sites excluding steroid dienone is 1. The second-order valence-corrected chi connectivity index (χ2v) is 6.11. The molecule has 0 saturated carbocycles. The zero-order valence-electron chi connectivity index (χ0n) is 12.5. The average Bonchev–Trinajstić information content (AvgIpc) is 2.60. The summed E-state index contributed by atoms with van der Waals surface area (Å²) >= 11 is 0. The summed E-state index contributed by atoms with van der Waals surface area (Å²) in [7, 11) is 0. The molecule has 4 aromatic carbocycles. The van der Waals surface area contributed by atoms with Crippen LogP contribution in [0.25, 0.3) is 38.4 Å². The fourth-order valence-corrected chi connectivity index (χ4v) is 3.76. The number of fused-ring (bicyclic) bond motifs is 7. The van der Waals surface area contributed by atoms with Crippen LogP contribution in [0.15, 0.2) is 66.7 Å². The molecule has 0 heterocycles. The van der Waals surface area contributed by atoms with Crippen LogP contribution in [0.1, 0.15) is 22.3 Å². The molecule has 0 N–H and O–H groups in total. The van der Waals surface area contributed by atoms with E-state index in [2.05, 4.69) is 54.6 Å². The third-order valence-corrected chi connectivity index (χ3v) is 4.80. The molecule has 0 spiro atoms. The third kappa shape index (κ3) is 1.71. The largest absolute Gasteiger partial charge is 0.294 e. The van der Waals surface area contributed by atoms with E-state index in [4.69, 9.17) is 0 Å². The van der Waals surface area contributed by atoms with E-state index < -0.39 is 0 Å². The van der Waals surface area contributed by atoms with Crippen molar-refractivity contribution in [3.05, 3.63) is 77.9 Å². The summed E-state index contributed by atoms with van der Waals surface area (Å²) in [6, 6.07) is 21.1. The van der Waals surface area contributed by atoms with Gasteiger partial charge in [0.05, 0.1) is 0 Å². The maximum atomic E-state index is 12.6. The number of rotatable bonds is 0. The molecule has 0 atom stereocenters. The number of Topliss-reactive ketones (excluding diaryl/α,β-unsaturated/α-hetero) is 1. The van der Waals surface area contributed by atoms with Crippen LogP contribution in [0.3, 0.4) is 0 Å². The highest BCUT2D eigenvalue weighted by atomic mass is 16.1. The van der Waals surface area contributed by atoms with Crippen molar-refractivity contribution in [3.63, 3.8) is 0 Å². The normalized spacial score (nSPS) is 13.8. The lowest BCUT2D eigenvalue weighted by molar-refractivity contribution is 0.0996. The van der Waals surface area contributed by atoms with Crippen LogP contribution in [-0.2, 0) is 0 Å². The minimum absolute atomic E-state index is 0.216. The smallest absolute Gasteiger partial charge is 0.167 e. The van der Waals surface area contributed by atoms with Crippen LogP contribution in [0.5, 0.6) is 0 Å². The summed E-state index contributed by atoms with van der Waals surface area (Å²) in [6.45, 7) is 0. The van der Waals surface area contributed by atoms with E-state index in [1.807, 2.05) is 18.2 Å². The first-order chi connectivity index (χ1) is 11.3. The number of carbonyl (C=O) groups excluding carboxylic acids is 1. The van der Waals surface area contributed by atoms with Crippen LogP contribution in [0.2, 0.25) is 0 Å². The topological polar surface area (TPSA) is 17.1 Å². The molecule has 0 amide bonds. The Morgan fingerprint density at radius 1 is 0.696 bits per heavy atom. The molecule has 0 aliphatic heterocycles. The quantitative estimate of drug-likeness (QED) is 0.298. The molecule has 0 unspecified atom stereocenters. The minimum Gasteiger partial charge on any atom is -0.294 e. The summed E-state index contributed by atoms with van der Waals surface area (Å²) in [6.07, 6.45) is 4.57. The number of ketones is 1. The molecular weight excluding hydrogens is 280 g/mol. The molecule has 0 saturated heterocycles. The summed E-state index contributed by atoms with van der Waals surface area (Å²) < 4.78 is 0. The van der Waals surface area contributed by atoms with Crippen LogP contribution in [-0.4, -0.2) is 5.78 Å².